The molecule has 0 saturated heterocycles. The van der Waals surface area contributed by atoms with Crippen LogP contribution in [0.3, 0.4) is 0 Å². The molecule has 168 valence electrons. The molecule has 0 N–H and O–H groups in total. The van der Waals surface area contributed by atoms with Crippen molar-refractivity contribution >= 4 is 42.8 Å². The zero-order chi connectivity index (χ0) is 23.0. The largest absolute Gasteiger partial charge is 0.328 e. The third-order valence-corrected chi connectivity index (χ3v) is 9.28. The molecular weight excluding hydrogens is 458 g/mol. The van der Waals surface area contributed by atoms with Gasteiger partial charge in [0.15, 0.2) is 0 Å². The van der Waals surface area contributed by atoms with Crippen molar-refractivity contribution in [1.82, 2.24) is 23.1 Å². The normalized spacial score (nSPS) is 12.9. The van der Waals surface area contributed by atoms with Crippen molar-refractivity contribution in [2.24, 2.45) is 0 Å². The number of hydrogen-bond acceptors (Lipinski definition) is 7. The maximum atomic E-state index is 12.4. The van der Waals surface area contributed by atoms with Crippen LogP contribution in [-0.4, -0.2) is 68.2 Å². The Morgan fingerprint density at radius 3 is 2.10 bits per heavy atom. The molecule has 0 bridgehead atoms. The van der Waals surface area contributed by atoms with Crippen LogP contribution in [0.15, 0.2) is 51.3 Å². The molecule has 31 heavy (non-hydrogen) atoms. The van der Waals surface area contributed by atoms with Crippen molar-refractivity contribution in [3.8, 4) is 0 Å². The second kappa shape index (κ2) is 8.87. The van der Waals surface area contributed by atoms with Crippen LogP contribution in [0.1, 0.15) is 12.7 Å². The number of imidazole rings is 1. The van der Waals surface area contributed by atoms with Crippen molar-refractivity contribution in [3.05, 3.63) is 42.4 Å². The van der Waals surface area contributed by atoms with E-state index < -0.39 is 20.0 Å². The lowest BCUT2D eigenvalue weighted by Gasteiger charge is -2.11. The highest BCUT2D eigenvalue weighted by molar-refractivity contribution is 7.98. The lowest BCUT2D eigenvalue weighted by Crippen LogP contribution is -2.22. The van der Waals surface area contributed by atoms with Crippen LogP contribution in [0.5, 0.6) is 0 Å². The zero-order valence-electron chi connectivity index (χ0n) is 18.0. The lowest BCUT2D eigenvalue weighted by atomic mass is 10.3. The highest BCUT2D eigenvalue weighted by Crippen LogP contribution is 2.27. The van der Waals surface area contributed by atoms with Gasteiger partial charge in [-0.3, -0.25) is 0 Å². The average Bonchev–Trinajstić information content (AvgIpc) is 3.08. The Balaban J connectivity index is 1.86. The maximum absolute atomic E-state index is 12.4. The number of pyridine rings is 1. The molecule has 0 aliphatic rings. The van der Waals surface area contributed by atoms with Crippen molar-refractivity contribution < 1.29 is 16.8 Å². The number of nitrogens with zero attached hydrogens (tertiary/aromatic N) is 5. The number of rotatable bonds is 8. The van der Waals surface area contributed by atoms with Crippen LogP contribution < -0.4 is 0 Å². The summed E-state index contributed by atoms with van der Waals surface area (Å²) >= 11 is 1.43. The van der Waals surface area contributed by atoms with Gasteiger partial charge in [-0.25, -0.2) is 35.4 Å². The Morgan fingerprint density at radius 2 is 1.55 bits per heavy atom. The molecule has 0 aliphatic heterocycles. The van der Waals surface area contributed by atoms with Gasteiger partial charge in [0.05, 0.1) is 26.7 Å². The van der Waals surface area contributed by atoms with Gasteiger partial charge in [-0.1, -0.05) is 11.8 Å². The Labute approximate surface area is 187 Å². The molecule has 3 rings (SSSR count). The summed E-state index contributed by atoms with van der Waals surface area (Å²) in [7, 11) is -1.12. The van der Waals surface area contributed by atoms with Gasteiger partial charge in [-0.05, 0) is 37.3 Å². The minimum atomic E-state index is -3.54. The number of thioether (sulfide) groups is 1. The van der Waals surface area contributed by atoms with E-state index in [-0.39, 0.29) is 9.79 Å². The van der Waals surface area contributed by atoms with E-state index in [1.54, 1.807) is 24.3 Å². The average molecular weight is 484 g/mol. The number of fused-ring (bicyclic) bond motifs is 1. The topological polar surface area (TPSA) is 105 Å². The standard InChI is InChI=1S/C19H25N5O4S3/c1-6-24-17-9-7-14(30(25,26)22(2)3)11-16(17)21-18(24)13-29-19-10-8-15(12-20-19)31(27,28)23(4)5/h7-12H,6,13H2,1-5H3. The molecule has 2 heterocycles. The molecule has 1 aromatic carbocycles. The van der Waals surface area contributed by atoms with Gasteiger partial charge in [0.1, 0.15) is 10.7 Å². The van der Waals surface area contributed by atoms with Crippen molar-refractivity contribution in [2.75, 3.05) is 28.2 Å². The summed E-state index contributed by atoms with van der Waals surface area (Å²) in [6, 6.07) is 8.15. The van der Waals surface area contributed by atoms with Gasteiger partial charge >= 0.3 is 0 Å². The lowest BCUT2D eigenvalue weighted by molar-refractivity contribution is 0.519. The molecule has 2 aromatic heterocycles. The first-order chi connectivity index (χ1) is 14.5. The van der Waals surface area contributed by atoms with E-state index in [9.17, 15) is 16.8 Å². The van der Waals surface area contributed by atoms with Gasteiger partial charge in [-0.2, -0.15) is 0 Å². The number of benzene rings is 1. The third-order valence-electron chi connectivity index (χ3n) is 4.73. The van der Waals surface area contributed by atoms with Crippen LogP contribution in [0.25, 0.3) is 11.0 Å². The highest BCUT2D eigenvalue weighted by Gasteiger charge is 2.20. The number of aromatic nitrogens is 3. The third kappa shape index (κ3) is 4.62. The summed E-state index contributed by atoms with van der Waals surface area (Å²) in [5.74, 6) is 1.29. The summed E-state index contributed by atoms with van der Waals surface area (Å²) in [6.07, 6.45) is 1.35. The molecule has 0 saturated carbocycles. The molecule has 0 spiro atoms. The fraction of sp³-hybridized carbons (Fsp3) is 0.368. The molecular formula is C19H25N5O4S3. The van der Waals surface area contributed by atoms with Crippen LogP contribution in [-0.2, 0) is 32.3 Å². The molecule has 9 nitrogen and oxygen atoms in total. The molecule has 3 aromatic rings. The summed E-state index contributed by atoms with van der Waals surface area (Å²) in [5, 5.41) is 0.670. The quantitative estimate of drug-likeness (QED) is 0.453. The first kappa shape index (κ1) is 23.7. The molecule has 0 amide bonds. The summed E-state index contributed by atoms with van der Waals surface area (Å²) in [4.78, 5) is 9.23. The molecule has 0 atom stereocenters. The minimum Gasteiger partial charge on any atom is -0.328 e. The van der Waals surface area contributed by atoms with Gasteiger partial charge in [0, 0.05) is 40.9 Å². The molecule has 12 heteroatoms. The van der Waals surface area contributed by atoms with E-state index in [2.05, 4.69) is 9.97 Å². The first-order valence-corrected chi connectivity index (χ1v) is 13.3. The van der Waals surface area contributed by atoms with Gasteiger partial charge in [0.25, 0.3) is 0 Å². The monoisotopic (exact) mass is 483 g/mol. The van der Waals surface area contributed by atoms with E-state index in [0.29, 0.717) is 22.8 Å². The molecule has 0 fully saturated rings. The van der Waals surface area contributed by atoms with Crippen molar-refractivity contribution in [1.29, 1.82) is 0 Å². The molecule has 0 aliphatic carbocycles. The Bertz CT molecular complexity index is 1300. The highest BCUT2D eigenvalue weighted by atomic mass is 32.2. The van der Waals surface area contributed by atoms with E-state index >= 15 is 0 Å². The van der Waals surface area contributed by atoms with Crippen molar-refractivity contribution in [2.45, 2.75) is 34.0 Å². The predicted octanol–water partition coefficient (Wildman–Crippen LogP) is 2.24. The zero-order valence-corrected chi connectivity index (χ0v) is 20.4. The fourth-order valence-corrected chi connectivity index (χ4v) is 5.51. The summed E-state index contributed by atoms with van der Waals surface area (Å²) in [5.41, 5.74) is 1.47. The second-order valence-electron chi connectivity index (χ2n) is 7.12. The van der Waals surface area contributed by atoms with Gasteiger partial charge in [-0.15, -0.1) is 0 Å². The van der Waals surface area contributed by atoms with E-state index in [1.165, 1.54) is 56.5 Å². The first-order valence-electron chi connectivity index (χ1n) is 9.41. The smallest absolute Gasteiger partial charge is 0.244 e. The number of sulfonamides is 2. The van der Waals surface area contributed by atoms with E-state index in [4.69, 9.17) is 0 Å². The predicted molar refractivity (Wildman–Crippen MR) is 121 cm³/mol. The maximum Gasteiger partial charge on any atom is 0.244 e. The fourth-order valence-electron chi connectivity index (χ4n) is 2.95. The summed E-state index contributed by atoms with van der Waals surface area (Å²) < 4.78 is 53.5. The van der Waals surface area contributed by atoms with Crippen molar-refractivity contribution in [3.63, 3.8) is 0 Å². The van der Waals surface area contributed by atoms with E-state index in [0.717, 1.165) is 15.6 Å². The summed E-state index contributed by atoms with van der Waals surface area (Å²) in [6.45, 7) is 2.68. The SMILES string of the molecule is CCn1c(CSc2ccc(S(=O)(=O)N(C)C)cn2)nc2cc(S(=O)(=O)N(C)C)ccc21. The molecule has 0 unspecified atom stereocenters. The Morgan fingerprint density at radius 1 is 0.935 bits per heavy atom. The minimum absolute atomic E-state index is 0.136. The Hall–Kier alpha value is -1.99. The Kier molecular flexibility index (Phi) is 6.77. The van der Waals surface area contributed by atoms with Crippen LogP contribution >= 0.6 is 11.8 Å². The van der Waals surface area contributed by atoms with E-state index in [1.807, 2.05) is 11.5 Å². The van der Waals surface area contributed by atoms with Crippen LogP contribution in [0.4, 0.5) is 0 Å². The van der Waals surface area contributed by atoms with Crippen LogP contribution in [0, 0.1) is 0 Å². The number of aryl methyl sites for hydroxylation is 1. The van der Waals surface area contributed by atoms with Gasteiger partial charge < -0.3 is 4.57 Å². The molecule has 0 radical (unpaired) electrons. The van der Waals surface area contributed by atoms with Gasteiger partial charge in [0.2, 0.25) is 20.0 Å². The number of hydrogen-bond donors (Lipinski definition) is 0. The van der Waals surface area contributed by atoms with Crippen LogP contribution in [0.2, 0.25) is 0 Å². The second-order valence-corrected chi connectivity index (χ2v) is 12.4.